The number of ether oxygens (including phenoxy) is 2. The minimum Gasteiger partial charge on any atom is -0.490 e. The zero-order chi connectivity index (χ0) is 24.3. The third kappa shape index (κ3) is 7.49. The van der Waals surface area contributed by atoms with Gasteiger partial charge in [0.2, 0.25) is 0 Å². The number of rotatable bonds is 11. The van der Waals surface area contributed by atoms with Crippen molar-refractivity contribution in [3.05, 3.63) is 93.0 Å². The molecular formula is C24H23ClN4O5. The van der Waals surface area contributed by atoms with E-state index >= 15 is 0 Å². The van der Waals surface area contributed by atoms with E-state index in [-0.39, 0.29) is 24.7 Å². The summed E-state index contributed by atoms with van der Waals surface area (Å²) in [5.74, 6) is 0.733. The number of anilines is 1. The van der Waals surface area contributed by atoms with E-state index < -0.39 is 4.92 Å². The van der Waals surface area contributed by atoms with Gasteiger partial charge < -0.3 is 14.8 Å². The fourth-order valence-corrected chi connectivity index (χ4v) is 2.96. The van der Waals surface area contributed by atoms with Crippen LogP contribution in [0.15, 0.2) is 71.8 Å². The van der Waals surface area contributed by atoms with E-state index in [0.29, 0.717) is 28.7 Å². The molecule has 0 aliphatic rings. The SMILES string of the molecule is CCOc1cc(/C=N\NC(=O)CNc2ccc(Cl)cc2)ccc1OCc1ccc([N+](=O)[O-])cc1. The Kier molecular flexibility index (Phi) is 8.81. The highest BCUT2D eigenvalue weighted by Gasteiger charge is 2.08. The van der Waals surface area contributed by atoms with Crippen LogP contribution in [-0.2, 0) is 11.4 Å². The second kappa shape index (κ2) is 12.2. The first-order chi connectivity index (χ1) is 16.4. The van der Waals surface area contributed by atoms with Gasteiger partial charge in [0, 0.05) is 22.8 Å². The van der Waals surface area contributed by atoms with Crippen LogP contribution in [0.1, 0.15) is 18.1 Å². The third-order valence-electron chi connectivity index (χ3n) is 4.51. The highest BCUT2D eigenvalue weighted by molar-refractivity contribution is 6.30. The lowest BCUT2D eigenvalue weighted by molar-refractivity contribution is -0.384. The first kappa shape index (κ1) is 24.5. The Morgan fingerprint density at radius 1 is 1.06 bits per heavy atom. The van der Waals surface area contributed by atoms with Crippen molar-refractivity contribution < 1.29 is 19.2 Å². The Bertz CT molecular complexity index is 1150. The third-order valence-corrected chi connectivity index (χ3v) is 4.76. The van der Waals surface area contributed by atoms with Gasteiger partial charge in [-0.15, -0.1) is 0 Å². The van der Waals surface area contributed by atoms with Crippen LogP contribution >= 0.6 is 11.6 Å². The summed E-state index contributed by atoms with van der Waals surface area (Å²) in [6.45, 7) is 2.57. The van der Waals surface area contributed by atoms with Gasteiger partial charge in [-0.1, -0.05) is 11.6 Å². The Hall–Kier alpha value is -4.11. The van der Waals surface area contributed by atoms with E-state index in [4.69, 9.17) is 21.1 Å². The van der Waals surface area contributed by atoms with Crippen molar-refractivity contribution in [2.45, 2.75) is 13.5 Å². The van der Waals surface area contributed by atoms with E-state index in [9.17, 15) is 14.9 Å². The molecule has 1 amide bonds. The highest BCUT2D eigenvalue weighted by Crippen LogP contribution is 2.29. The summed E-state index contributed by atoms with van der Waals surface area (Å²) < 4.78 is 11.5. The Morgan fingerprint density at radius 2 is 1.79 bits per heavy atom. The molecule has 0 aliphatic carbocycles. The van der Waals surface area contributed by atoms with Crippen LogP contribution in [0.3, 0.4) is 0 Å². The molecule has 10 heteroatoms. The number of hydrogen-bond donors (Lipinski definition) is 2. The number of non-ortho nitro benzene ring substituents is 1. The van der Waals surface area contributed by atoms with Gasteiger partial charge in [0.1, 0.15) is 6.61 Å². The van der Waals surface area contributed by atoms with E-state index in [1.165, 1.54) is 18.3 Å². The number of carbonyl (C=O) groups excluding carboxylic acids is 1. The average molecular weight is 483 g/mol. The number of benzene rings is 3. The summed E-state index contributed by atoms with van der Waals surface area (Å²) >= 11 is 5.84. The number of halogens is 1. The molecule has 0 aliphatic heterocycles. The Balaban J connectivity index is 1.54. The predicted molar refractivity (Wildman–Crippen MR) is 131 cm³/mol. The zero-order valence-corrected chi connectivity index (χ0v) is 19.1. The number of carbonyl (C=O) groups is 1. The molecule has 2 N–H and O–H groups in total. The molecule has 0 unspecified atom stereocenters. The molecule has 0 heterocycles. The van der Waals surface area contributed by atoms with Gasteiger partial charge in [0.05, 0.1) is 24.3 Å². The molecule has 0 saturated heterocycles. The molecule has 0 bridgehead atoms. The number of amides is 1. The maximum Gasteiger partial charge on any atom is 0.269 e. The predicted octanol–water partition coefficient (Wildman–Crippen LogP) is 4.79. The van der Waals surface area contributed by atoms with Crippen LogP contribution in [0.2, 0.25) is 5.02 Å². The molecule has 0 aromatic heterocycles. The van der Waals surface area contributed by atoms with Crippen LogP contribution in [0.5, 0.6) is 11.5 Å². The number of nitrogens with one attached hydrogen (secondary N) is 2. The van der Waals surface area contributed by atoms with E-state index in [0.717, 1.165) is 11.3 Å². The molecule has 0 saturated carbocycles. The van der Waals surface area contributed by atoms with Crippen molar-refractivity contribution in [1.29, 1.82) is 0 Å². The van der Waals surface area contributed by atoms with Gasteiger partial charge in [-0.3, -0.25) is 14.9 Å². The van der Waals surface area contributed by atoms with Gasteiger partial charge in [-0.25, -0.2) is 5.43 Å². The van der Waals surface area contributed by atoms with Gasteiger partial charge in [-0.05, 0) is 72.6 Å². The van der Waals surface area contributed by atoms with Crippen LogP contribution in [0.25, 0.3) is 0 Å². The fraction of sp³-hybridized carbons (Fsp3) is 0.167. The summed E-state index contributed by atoms with van der Waals surface area (Å²) in [4.78, 5) is 22.3. The summed E-state index contributed by atoms with van der Waals surface area (Å²) in [5.41, 5.74) is 4.75. The summed E-state index contributed by atoms with van der Waals surface area (Å²) in [6, 6.07) is 18.4. The lowest BCUT2D eigenvalue weighted by Gasteiger charge is -2.12. The quantitative estimate of drug-likeness (QED) is 0.231. The number of nitro groups is 1. The molecule has 3 aromatic carbocycles. The maximum atomic E-state index is 12.0. The molecule has 9 nitrogen and oxygen atoms in total. The van der Waals surface area contributed by atoms with Gasteiger partial charge >= 0.3 is 0 Å². The molecule has 34 heavy (non-hydrogen) atoms. The number of hydrazone groups is 1. The minimum atomic E-state index is -0.448. The Labute approximate surface area is 201 Å². The van der Waals surface area contributed by atoms with Gasteiger partial charge in [0.25, 0.3) is 11.6 Å². The molecule has 0 fully saturated rings. The van der Waals surface area contributed by atoms with Crippen molar-refractivity contribution >= 4 is 35.1 Å². The lowest BCUT2D eigenvalue weighted by Crippen LogP contribution is -2.25. The standard InChI is InChI=1S/C24H23ClN4O5/c1-2-33-23-13-18(14-27-28-24(30)15-26-20-8-6-19(25)7-9-20)5-12-22(23)34-16-17-3-10-21(11-4-17)29(31)32/h3-14,26H,2,15-16H2,1H3,(H,28,30)/b27-14-. The van der Waals surface area contributed by atoms with E-state index in [1.54, 1.807) is 54.6 Å². The second-order valence-corrected chi connectivity index (χ2v) is 7.44. The monoisotopic (exact) mass is 482 g/mol. The minimum absolute atomic E-state index is 0.0234. The van der Waals surface area contributed by atoms with Crippen LogP contribution in [0, 0.1) is 10.1 Å². The van der Waals surface area contributed by atoms with E-state index in [2.05, 4.69) is 15.8 Å². The van der Waals surface area contributed by atoms with Crippen LogP contribution in [-0.4, -0.2) is 30.2 Å². The largest absolute Gasteiger partial charge is 0.490 e. The lowest BCUT2D eigenvalue weighted by atomic mass is 10.2. The molecule has 3 rings (SSSR count). The number of hydrogen-bond acceptors (Lipinski definition) is 7. The number of nitro benzene ring substituents is 1. The molecule has 0 spiro atoms. The van der Waals surface area contributed by atoms with Crippen molar-refractivity contribution in [2.24, 2.45) is 5.10 Å². The molecule has 176 valence electrons. The van der Waals surface area contributed by atoms with Crippen LogP contribution < -0.4 is 20.2 Å². The first-order valence-corrected chi connectivity index (χ1v) is 10.8. The van der Waals surface area contributed by atoms with Crippen molar-refractivity contribution in [3.8, 4) is 11.5 Å². The topological polar surface area (TPSA) is 115 Å². The zero-order valence-electron chi connectivity index (χ0n) is 18.4. The fourth-order valence-electron chi connectivity index (χ4n) is 2.84. The smallest absolute Gasteiger partial charge is 0.269 e. The average Bonchev–Trinajstić information content (AvgIpc) is 2.83. The van der Waals surface area contributed by atoms with Crippen molar-refractivity contribution in [1.82, 2.24) is 5.43 Å². The van der Waals surface area contributed by atoms with E-state index in [1.807, 2.05) is 6.92 Å². The maximum absolute atomic E-state index is 12.0. The van der Waals surface area contributed by atoms with Crippen molar-refractivity contribution in [2.75, 3.05) is 18.5 Å². The van der Waals surface area contributed by atoms with Crippen molar-refractivity contribution in [3.63, 3.8) is 0 Å². The van der Waals surface area contributed by atoms with Gasteiger partial charge in [0.15, 0.2) is 11.5 Å². The molecular weight excluding hydrogens is 460 g/mol. The summed E-state index contributed by atoms with van der Waals surface area (Å²) in [6.07, 6.45) is 1.50. The van der Waals surface area contributed by atoms with Crippen LogP contribution in [0.4, 0.5) is 11.4 Å². The van der Waals surface area contributed by atoms with Gasteiger partial charge in [-0.2, -0.15) is 5.10 Å². The second-order valence-electron chi connectivity index (χ2n) is 7.01. The normalized spacial score (nSPS) is 10.6. The number of nitrogens with zero attached hydrogens (tertiary/aromatic N) is 2. The molecule has 0 radical (unpaired) electrons. The molecule has 3 aromatic rings. The Morgan fingerprint density at radius 3 is 2.47 bits per heavy atom. The summed E-state index contributed by atoms with van der Waals surface area (Å²) in [5, 5.41) is 18.3. The highest BCUT2D eigenvalue weighted by atomic mass is 35.5. The molecule has 0 atom stereocenters. The summed E-state index contributed by atoms with van der Waals surface area (Å²) in [7, 11) is 0. The first-order valence-electron chi connectivity index (χ1n) is 10.4.